The van der Waals surface area contributed by atoms with Gasteiger partial charge in [0.15, 0.2) is 0 Å². The van der Waals surface area contributed by atoms with Gasteiger partial charge >= 0.3 is 0 Å². The highest BCUT2D eigenvalue weighted by atomic mass is 32.2. The SMILES string of the molecule is Cc1cc(-c2ccc(CNc3nccc4cc(N5CCSCC5)ncc34)cc2)ccn1. The molecule has 0 spiro atoms. The van der Waals surface area contributed by atoms with Crippen molar-refractivity contribution in [2.24, 2.45) is 0 Å². The Hall–Kier alpha value is -3.12. The van der Waals surface area contributed by atoms with Crippen molar-refractivity contribution in [2.45, 2.75) is 13.5 Å². The van der Waals surface area contributed by atoms with E-state index in [2.05, 4.69) is 62.6 Å². The van der Waals surface area contributed by atoms with Crippen molar-refractivity contribution >= 4 is 34.2 Å². The molecule has 5 nitrogen and oxygen atoms in total. The summed E-state index contributed by atoms with van der Waals surface area (Å²) in [4.78, 5) is 15.9. The number of nitrogens with zero attached hydrogens (tertiary/aromatic N) is 4. The lowest BCUT2D eigenvalue weighted by atomic mass is 10.0. The van der Waals surface area contributed by atoms with Crippen molar-refractivity contribution in [2.75, 3.05) is 34.8 Å². The Kier molecular flexibility index (Phi) is 5.71. The van der Waals surface area contributed by atoms with Crippen molar-refractivity contribution in [3.05, 3.63) is 78.4 Å². The number of rotatable bonds is 5. The molecule has 3 aromatic heterocycles. The highest BCUT2D eigenvalue weighted by Crippen LogP contribution is 2.26. The molecule has 156 valence electrons. The van der Waals surface area contributed by atoms with Crippen LogP contribution in [-0.2, 0) is 6.54 Å². The molecule has 0 atom stereocenters. The van der Waals surface area contributed by atoms with Crippen LogP contribution in [0, 0.1) is 6.92 Å². The highest BCUT2D eigenvalue weighted by Gasteiger charge is 2.13. The van der Waals surface area contributed by atoms with Gasteiger partial charge in [0.25, 0.3) is 0 Å². The summed E-state index contributed by atoms with van der Waals surface area (Å²) in [6, 6.07) is 17.0. The first-order valence-corrected chi connectivity index (χ1v) is 11.7. The Labute approximate surface area is 187 Å². The van der Waals surface area contributed by atoms with Crippen LogP contribution in [0.1, 0.15) is 11.3 Å². The molecule has 0 saturated carbocycles. The average molecular weight is 428 g/mol. The second-order valence-corrected chi connectivity index (χ2v) is 8.98. The fraction of sp³-hybridized carbons (Fsp3) is 0.240. The van der Waals surface area contributed by atoms with Gasteiger partial charge in [-0.2, -0.15) is 11.8 Å². The number of aryl methyl sites for hydroxylation is 1. The summed E-state index contributed by atoms with van der Waals surface area (Å²) in [6.07, 6.45) is 5.68. The summed E-state index contributed by atoms with van der Waals surface area (Å²) in [7, 11) is 0. The van der Waals surface area contributed by atoms with E-state index in [-0.39, 0.29) is 0 Å². The number of fused-ring (bicyclic) bond motifs is 1. The molecule has 31 heavy (non-hydrogen) atoms. The zero-order chi connectivity index (χ0) is 21.0. The maximum Gasteiger partial charge on any atom is 0.135 e. The predicted octanol–water partition coefficient (Wildman–Crippen LogP) is 5.17. The first-order chi connectivity index (χ1) is 15.3. The third-order valence-corrected chi connectivity index (χ3v) is 6.56. The van der Waals surface area contributed by atoms with Gasteiger partial charge in [0, 0.05) is 60.8 Å². The van der Waals surface area contributed by atoms with Crippen LogP contribution in [-0.4, -0.2) is 39.5 Å². The molecule has 1 fully saturated rings. The Morgan fingerprint density at radius 2 is 1.71 bits per heavy atom. The van der Waals surface area contributed by atoms with Crippen molar-refractivity contribution in [1.82, 2.24) is 15.0 Å². The van der Waals surface area contributed by atoms with Crippen molar-refractivity contribution < 1.29 is 0 Å². The molecular weight excluding hydrogens is 402 g/mol. The second kappa shape index (κ2) is 8.94. The van der Waals surface area contributed by atoms with Gasteiger partial charge < -0.3 is 10.2 Å². The van der Waals surface area contributed by atoms with Gasteiger partial charge in [0.2, 0.25) is 0 Å². The van der Waals surface area contributed by atoms with Gasteiger partial charge in [-0.1, -0.05) is 24.3 Å². The number of anilines is 2. The molecule has 0 amide bonds. The monoisotopic (exact) mass is 427 g/mol. The predicted molar refractivity (Wildman–Crippen MR) is 131 cm³/mol. The van der Waals surface area contributed by atoms with Crippen LogP contribution in [0.15, 0.2) is 67.1 Å². The highest BCUT2D eigenvalue weighted by molar-refractivity contribution is 7.99. The topological polar surface area (TPSA) is 53.9 Å². The molecule has 0 unspecified atom stereocenters. The van der Waals surface area contributed by atoms with Gasteiger partial charge in [0.1, 0.15) is 11.6 Å². The molecule has 1 aliphatic heterocycles. The lowest BCUT2D eigenvalue weighted by Gasteiger charge is -2.27. The van der Waals surface area contributed by atoms with Crippen LogP contribution in [0.5, 0.6) is 0 Å². The van der Waals surface area contributed by atoms with E-state index in [9.17, 15) is 0 Å². The van der Waals surface area contributed by atoms with Crippen molar-refractivity contribution in [1.29, 1.82) is 0 Å². The standard InChI is InChI=1S/C25H25N5S/c1-18-14-21(6-8-26-18)20-4-2-19(3-5-20)16-29-25-23-17-28-24(15-22(23)7-9-27-25)30-10-12-31-13-11-30/h2-9,14-15,17H,10-13,16H2,1H3,(H,27,29). The van der Waals surface area contributed by atoms with E-state index in [1.807, 2.05) is 43.3 Å². The zero-order valence-corrected chi connectivity index (χ0v) is 18.4. The maximum atomic E-state index is 4.73. The fourth-order valence-corrected chi connectivity index (χ4v) is 4.79. The Balaban J connectivity index is 1.31. The van der Waals surface area contributed by atoms with Gasteiger partial charge in [-0.15, -0.1) is 0 Å². The van der Waals surface area contributed by atoms with E-state index in [4.69, 9.17) is 4.98 Å². The molecule has 0 aliphatic carbocycles. The summed E-state index contributed by atoms with van der Waals surface area (Å²) in [5, 5.41) is 5.72. The third-order valence-electron chi connectivity index (χ3n) is 5.61. The van der Waals surface area contributed by atoms with Crippen LogP contribution in [0.3, 0.4) is 0 Å². The van der Waals surface area contributed by atoms with Gasteiger partial charge in [0.05, 0.1) is 0 Å². The lowest BCUT2D eigenvalue weighted by molar-refractivity contribution is 0.841. The van der Waals surface area contributed by atoms with Crippen LogP contribution in [0.25, 0.3) is 21.9 Å². The first-order valence-electron chi connectivity index (χ1n) is 10.6. The Bertz CT molecular complexity index is 1190. The van der Waals surface area contributed by atoms with Crippen LogP contribution >= 0.6 is 11.8 Å². The quantitative estimate of drug-likeness (QED) is 0.474. The van der Waals surface area contributed by atoms with E-state index in [0.717, 1.165) is 35.8 Å². The minimum absolute atomic E-state index is 0.715. The number of nitrogens with one attached hydrogen (secondary N) is 1. The molecule has 0 radical (unpaired) electrons. The van der Waals surface area contributed by atoms with Crippen LogP contribution in [0.4, 0.5) is 11.6 Å². The zero-order valence-electron chi connectivity index (χ0n) is 17.6. The molecular formula is C25H25N5S. The molecule has 1 aliphatic rings. The lowest BCUT2D eigenvalue weighted by Crippen LogP contribution is -2.32. The minimum atomic E-state index is 0.715. The average Bonchev–Trinajstić information content (AvgIpc) is 2.83. The summed E-state index contributed by atoms with van der Waals surface area (Å²) in [6.45, 7) is 4.86. The van der Waals surface area contributed by atoms with Crippen LogP contribution in [0.2, 0.25) is 0 Å². The maximum absolute atomic E-state index is 4.73. The summed E-state index contributed by atoms with van der Waals surface area (Å²) < 4.78 is 0. The summed E-state index contributed by atoms with van der Waals surface area (Å²) in [5.74, 6) is 4.27. The molecule has 4 aromatic rings. The van der Waals surface area contributed by atoms with Gasteiger partial charge in [-0.05, 0) is 53.3 Å². The smallest absolute Gasteiger partial charge is 0.135 e. The number of pyridine rings is 3. The van der Waals surface area contributed by atoms with Gasteiger partial charge in [-0.25, -0.2) is 9.97 Å². The fourth-order valence-electron chi connectivity index (χ4n) is 3.89. The number of aromatic nitrogens is 3. The number of thioether (sulfide) groups is 1. The van der Waals surface area contributed by atoms with Crippen molar-refractivity contribution in [3.63, 3.8) is 0 Å². The summed E-state index contributed by atoms with van der Waals surface area (Å²) in [5.41, 5.74) is 4.63. The first kappa shape index (κ1) is 19.8. The molecule has 5 rings (SSSR count). The largest absolute Gasteiger partial charge is 0.365 e. The molecule has 4 heterocycles. The molecule has 1 aromatic carbocycles. The molecule has 0 bridgehead atoms. The molecule has 1 N–H and O–H groups in total. The number of hydrogen-bond donors (Lipinski definition) is 1. The van der Waals surface area contributed by atoms with E-state index in [0.29, 0.717) is 6.54 Å². The number of benzene rings is 1. The Morgan fingerprint density at radius 3 is 2.52 bits per heavy atom. The van der Waals surface area contributed by atoms with E-state index in [1.54, 1.807) is 0 Å². The van der Waals surface area contributed by atoms with E-state index >= 15 is 0 Å². The second-order valence-electron chi connectivity index (χ2n) is 7.76. The van der Waals surface area contributed by atoms with E-state index in [1.165, 1.54) is 33.6 Å². The molecule has 6 heteroatoms. The number of hydrogen-bond acceptors (Lipinski definition) is 6. The van der Waals surface area contributed by atoms with Crippen molar-refractivity contribution in [3.8, 4) is 11.1 Å². The minimum Gasteiger partial charge on any atom is -0.365 e. The molecule has 1 saturated heterocycles. The van der Waals surface area contributed by atoms with Crippen LogP contribution < -0.4 is 10.2 Å². The Morgan fingerprint density at radius 1 is 0.903 bits per heavy atom. The summed E-state index contributed by atoms with van der Waals surface area (Å²) >= 11 is 2.01. The third kappa shape index (κ3) is 4.49. The van der Waals surface area contributed by atoms with Gasteiger partial charge in [-0.3, -0.25) is 4.98 Å². The normalized spacial score (nSPS) is 14.0. The van der Waals surface area contributed by atoms with E-state index < -0.39 is 0 Å².